The first kappa shape index (κ1) is 12.8. The lowest BCUT2D eigenvalue weighted by Crippen LogP contribution is -1.93. The second-order valence-corrected chi connectivity index (χ2v) is 4.07. The fourth-order valence-corrected chi connectivity index (χ4v) is 1.95. The molecule has 0 aliphatic heterocycles. The predicted molar refractivity (Wildman–Crippen MR) is 66.6 cm³/mol. The van der Waals surface area contributed by atoms with Crippen molar-refractivity contribution in [2.75, 3.05) is 7.11 Å². The summed E-state index contributed by atoms with van der Waals surface area (Å²) in [7, 11) is 1.59. The van der Waals surface area contributed by atoms with Crippen molar-refractivity contribution in [3.05, 3.63) is 34.3 Å². The number of rotatable bonds is 4. The minimum absolute atomic E-state index is 0.672. The van der Waals surface area contributed by atoms with Crippen LogP contribution < -0.4 is 4.74 Å². The van der Waals surface area contributed by atoms with Gasteiger partial charge in [-0.2, -0.15) is 0 Å². The molecule has 0 saturated heterocycles. The molecule has 0 spiro atoms. The lowest BCUT2D eigenvalue weighted by Gasteiger charge is -2.08. The van der Waals surface area contributed by atoms with Crippen LogP contribution in [-0.2, 0) is 4.79 Å². The Hall–Kier alpha value is -1.29. The number of ether oxygens (including phenoxy) is 1. The summed E-state index contributed by atoms with van der Waals surface area (Å²) in [6, 6.07) is 5.52. The van der Waals surface area contributed by atoms with E-state index in [1.807, 2.05) is 25.1 Å². The summed E-state index contributed by atoms with van der Waals surface area (Å²) in [4.78, 5) is 10.6. The van der Waals surface area contributed by atoms with Crippen molar-refractivity contribution in [3.63, 3.8) is 0 Å². The minimum atomic E-state index is -0.927. The number of hydrogen-bond acceptors (Lipinski definition) is 2. The number of aliphatic carboxylic acids is 1. The minimum Gasteiger partial charge on any atom is -0.496 e. The molecule has 0 aromatic heterocycles. The number of methoxy groups -OCH3 is 1. The molecule has 0 bridgehead atoms. The smallest absolute Gasteiger partial charge is 0.328 e. The predicted octanol–water partition coefficient (Wildman–Crippen LogP) is 3.34. The van der Waals surface area contributed by atoms with E-state index in [4.69, 9.17) is 9.84 Å². The van der Waals surface area contributed by atoms with Gasteiger partial charge in [0.05, 0.1) is 11.6 Å². The molecule has 0 amide bonds. The van der Waals surface area contributed by atoms with Gasteiger partial charge in [-0.15, -0.1) is 0 Å². The zero-order chi connectivity index (χ0) is 12.1. The molecule has 3 nitrogen and oxygen atoms in total. The van der Waals surface area contributed by atoms with Crippen LogP contribution in [0, 0.1) is 0 Å². The van der Waals surface area contributed by atoms with Crippen LogP contribution in [-0.4, -0.2) is 18.2 Å². The fraction of sp³-hybridized carbons (Fsp3) is 0.250. The van der Waals surface area contributed by atoms with Crippen LogP contribution >= 0.6 is 15.9 Å². The topological polar surface area (TPSA) is 46.5 Å². The van der Waals surface area contributed by atoms with E-state index in [2.05, 4.69) is 15.9 Å². The highest BCUT2D eigenvalue weighted by atomic mass is 79.9. The first-order valence-electron chi connectivity index (χ1n) is 4.86. The number of halogens is 1. The van der Waals surface area contributed by atoms with Gasteiger partial charge in [0.1, 0.15) is 5.75 Å². The number of benzene rings is 1. The van der Waals surface area contributed by atoms with Crippen molar-refractivity contribution < 1.29 is 14.6 Å². The molecule has 0 saturated carbocycles. The summed E-state index contributed by atoms with van der Waals surface area (Å²) >= 11 is 3.37. The molecular weight excluding hydrogens is 272 g/mol. The summed E-state index contributed by atoms with van der Waals surface area (Å²) < 4.78 is 5.93. The van der Waals surface area contributed by atoms with Gasteiger partial charge >= 0.3 is 5.97 Å². The second kappa shape index (κ2) is 5.70. The quantitative estimate of drug-likeness (QED) is 0.863. The zero-order valence-electron chi connectivity index (χ0n) is 9.16. The highest BCUT2D eigenvalue weighted by Gasteiger charge is 2.05. The Morgan fingerprint density at radius 2 is 2.25 bits per heavy atom. The molecule has 0 heterocycles. The van der Waals surface area contributed by atoms with Gasteiger partial charge < -0.3 is 9.84 Å². The highest BCUT2D eigenvalue weighted by molar-refractivity contribution is 9.10. The van der Waals surface area contributed by atoms with Gasteiger partial charge in [0.15, 0.2) is 0 Å². The molecular formula is C12H13BrO3. The number of carboxylic acid groups (broad SMARTS) is 1. The van der Waals surface area contributed by atoms with Crippen molar-refractivity contribution in [2.24, 2.45) is 0 Å². The highest BCUT2D eigenvalue weighted by Crippen LogP contribution is 2.29. The molecule has 1 N–H and O–H groups in total. The van der Waals surface area contributed by atoms with Crippen LogP contribution in [0.5, 0.6) is 5.75 Å². The summed E-state index contributed by atoms with van der Waals surface area (Å²) in [5.41, 5.74) is 1.67. The molecule has 0 radical (unpaired) electrons. The van der Waals surface area contributed by atoms with E-state index in [-0.39, 0.29) is 0 Å². The van der Waals surface area contributed by atoms with Crippen molar-refractivity contribution >= 4 is 27.5 Å². The number of carbonyl (C=O) groups is 1. The van der Waals surface area contributed by atoms with E-state index in [9.17, 15) is 4.79 Å². The van der Waals surface area contributed by atoms with Crippen LogP contribution in [0.4, 0.5) is 0 Å². The third kappa shape index (κ3) is 3.10. The van der Waals surface area contributed by atoms with Crippen molar-refractivity contribution in [1.82, 2.24) is 0 Å². The Labute approximate surface area is 103 Å². The Bertz CT molecular complexity index is 424. The lowest BCUT2D eigenvalue weighted by atomic mass is 10.0. The Morgan fingerprint density at radius 1 is 1.56 bits per heavy atom. The van der Waals surface area contributed by atoms with Gasteiger partial charge in [-0.05, 0) is 45.6 Å². The first-order valence-corrected chi connectivity index (χ1v) is 5.65. The molecule has 4 heteroatoms. The monoisotopic (exact) mass is 284 g/mol. The molecule has 0 atom stereocenters. The Kier molecular flexibility index (Phi) is 4.55. The van der Waals surface area contributed by atoms with Gasteiger partial charge in [0.2, 0.25) is 0 Å². The van der Waals surface area contributed by atoms with Crippen LogP contribution in [0.15, 0.2) is 28.7 Å². The average molecular weight is 285 g/mol. The molecule has 0 aliphatic carbocycles. The molecule has 0 fully saturated rings. The molecule has 1 rings (SSSR count). The maximum atomic E-state index is 10.6. The van der Waals surface area contributed by atoms with E-state index in [1.165, 1.54) is 6.08 Å². The lowest BCUT2D eigenvalue weighted by molar-refractivity contribution is -0.131. The second-order valence-electron chi connectivity index (χ2n) is 3.21. The normalized spacial score (nSPS) is 11.3. The van der Waals surface area contributed by atoms with Gasteiger partial charge in [-0.3, -0.25) is 0 Å². The van der Waals surface area contributed by atoms with Crippen molar-refractivity contribution in [2.45, 2.75) is 13.3 Å². The molecule has 86 valence electrons. The molecule has 16 heavy (non-hydrogen) atoms. The molecule has 0 unspecified atom stereocenters. The standard InChI is InChI=1S/C12H13BrO3/c1-3-8(7-12(14)15)9-4-5-11(16-2)10(13)6-9/h4-7H,3H2,1-2H3,(H,14,15)/b8-7+. The van der Waals surface area contributed by atoms with Crippen molar-refractivity contribution in [3.8, 4) is 5.75 Å². The maximum Gasteiger partial charge on any atom is 0.328 e. The largest absolute Gasteiger partial charge is 0.496 e. The summed E-state index contributed by atoms with van der Waals surface area (Å²) in [6.07, 6.45) is 1.90. The molecule has 1 aromatic carbocycles. The van der Waals surface area contributed by atoms with E-state index in [1.54, 1.807) is 7.11 Å². The SMILES string of the molecule is CC/C(=C\C(=O)O)c1ccc(OC)c(Br)c1. The third-order valence-electron chi connectivity index (χ3n) is 2.20. The summed E-state index contributed by atoms with van der Waals surface area (Å²) in [5, 5.41) is 8.73. The summed E-state index contributed by atoms with van der Waals surface area (Å²) in [6.45, 7) is 1.92. The van der Waals surface area contributed by atoms with Crippen LogP contribution in [0.3, 0.4) is 0 Å². The van der Waals surface area contributed by atoms with E-state index in [0.29, 0.717) is 6.42 Å². The van der Waals surface area contributed by atoms with Gasteiger partial charge in [-0.1, -0.05) is 13.0 Å². The van der Waals surface area contributed by atoms with Crippen LogP contribution in [0.1, 0.15) is 18.9 Å². The van der Waals surface area contributed by atoms with E-state index < -0.39 is 5.97 Å². The number of carboxylic acids is 1. The maximum absolute atomic E-state index is 10.6. The molecule has 0 aliphatic rings. The van der Waals surface area contributed by atoms with Gasteiger partial charge in [-0.25, -0.2) is 4.79 Å². The Balaban J connectivity index is 3.13. The summed E-state index contributed by atoms with van der Waals surface area (Å²) in [5.74, 6) is -0.196. The molecule has 1 aromatic rings. The third-order valence-corrected chi connectivity index (χ3v) is 2.82. The van der Waals surface area contributed by atoms with Gasteiger partial charge in [0, 0.05) is 6.08 Å². The number of allylic oxidation sites excluding steroid dienone is 1. The Morgan fingerprint density at radius 3 is 2.69 bits per heavy atom. The average Bonchev–Trinajstić information content (AvgIpc) is 2.25. The van der Waals surface area contributed by atoms with E-state index in [0.717, 1.165) is 21.4 Å². The number of hydrogen-bond donors (Lipinski definition) is 1. The van der Waals surface area contributed by atoms with Gasteiger partial charge in [0.25, 0.3) is 0 Å². The first-order chi connectivity index (χ1) is 7.58. The van der Waals surface area contributed by atoms with Crippen LogP contribution in [0.2, 0.25) is 0 Å². The van der Waals surface area contributed by atoms with Crippen molar-refractivity contribution in [1.29, 1.82) is 0 Å². The van der Waals surface area contributed by atoms with E-state index >= 15 is 0 Å². The van der Waals surface area contributed by atoms with Crippen LogP contribution in [0.25, 0.3) is 5.57 Å². The zero-order valence-corrected chi connectivity index (χ0v) is 10.7. The fourth-order valence-electron chi connectivity index (χ4n) is 1.40.